The van der Waals surface area contributed by atoms with Crippen LogP contribution in [0.5, 0.6) is 0 Å². The Hall–Kier alpha value is -1.07. The van der Waals surface area contributed by atoms with Crippen LogP contribution in [-0.2, 0) is 6.18 Å². The quantitative estimate of drug-likeness (QED) is 0.857. The van der Waals surface area contributed by atoms with Gasteiger partial charge >= 0.3 is 6.18 Å². The number of hydrogen-bond donors (Lipinski definition) is 2. The second-order valence-electron chi connectivity index (χ2n) is 4.23. The molecule has 96 valence electrons. The van der Waals surface area contributed by atoms with Crippen molar-refractivity contribution in [2.24, 2.45) is 5.73 Å². The maximum Gasteiger partial charge on any atom is 0.416 e. The van der Waals surface area contributed by atoms with Gasteiger partial charge in [0.1, 0.15) is 0 Å². The lowest BCUT2D eigenvalue weighted by molar-refractivity contribution is -0.137. The summed E-state index contributed by atoms with van der Waals surface area (Å²) in [6.07, 6.45) is -4.31. The molecular formula is C12H17F3N2. The molecule has 0 fully saturated rings. The number of rotatable bonds is 4. The Morgan fingerprint density at radius 1 is 1.29 bits per heavy atom. The summed E-state index contributed by atoms with van der Waals surface area (Å²) in [4.78, 5) is 0. The summed E-state index contributed by atoms with van der Waals surface area (Å²) in [5.41, 5.74) is 5.49. The molecule has 3 N–H and O–H groups in total. The molecular weight excluding hydrogens is 229 g/mol. The fourth-order valence-corrected chi connectivity index (χ4v) is 1.63. The Bertz CT molecular complexity index is 361. The summed E-state index contributed by atoms with van der Waals surface area (Å²) in [5.74, 6) is 0. The molecule has 0 bridgehead atoms. The molecule has 2 nitrogen and oxygen atoms in total. The number of halogens is 3. The summed E-state index contributed by atoms with van der Waals surface area (Å²) < 4.78 is 37.6. The zero-order chi connectivity index (χ0) is 13.1. The fourth-order valence-electron chi connectivity index (χ4n) is 1.63. The van der Waals surface area contributed by atoms with Crippen molar-refractivity contribution in [1.29, 1.82) is 0 Å². The molecule has 0 aromatic heterocycles. The van der Waals surface area contributed by atoms with E-state index in [9.17, 15) is 13.2 Å². The summed E-state index contributed by atoms with van der Waals surface area (Å²) in [5, 5.41) is 3.13. The smallest absolute Gasteiger partial charge is 0.329 e. The van der Waals surface area contributed by atoms with E-state index in [0.29, 0.717) is 5.56 Å². The van der Waals surface area contributed by atoms with E-state index in [4.69, 9.17) is 5.73 Å². The molecule has 0 radical (unpaired) electrons. The van der Waals surface area contributed by atoms with E-state index in [1.165, 1.54) is 6.07 Å². The van der Waals surface area contributed by atoms with Crippen LogP contribution in [0, 0.1) is 0 Å². The first kappa shape index (κ1) is 14.0. The maximum absolute atomic E-state index is 12.5. The lowest BCUT2D eigenvalue weighted by atomic mass is 10.0. The zero-order valence-corrected chi connectivity index (χ0v) is 9.88. The monoisotopic (exact) mass is 246 g/mol. The molecule has 17 heavy (non-hydrogen) atoms. The summed E-state index contributed by atoms with van der Waals surface area (Å²) in [6, 6.07) is 5.18. The Morgan fingerprint density at radius 2 is 1.94 bits per heavy atom. The van der Waals surface area contributed by atoms with Gasteiger partial charge in [0.05, 0.1) is 5.56 Å². The molecule has 0 spiro atoms. The van der Waals surface area contributed by atoms with Gasteiger partial charge in [-0.25, -0.2) is 0 Å². The van der Waals surface area contributed by atoms with Gasteiger partial charge in [-0.1, -0.05) is 26.0 Å². The van der Waals surface area contributed by atoms with Crippen molar-refractivity contribution in [3.63, 3.8) is 0 Å². The highest BCUT2D eigenvalue weighted by molar-refractivity contribution is 5.28. The van der Waals surface area contributed by atoms with Gasteiger partial charge in [0.2, 0.25) is 0 Å². The average Bonchev–Trinajstić information content (AvgIpc) is 2.24. The number of benzene rings is 1. The van der Waals surface area contributed by atoms with Gasteiger partial charge in [0.15, 0.2) is 0 Å². The first-order valence-corrected chi connectivity index (χ1v) is 5.48. The van der Waals surface area contributed by atoms with Gasteiger partial charge in [-0.05, 0) is 17.7 Å². The zero-order valence-electron chi connectivity index (χ0n) is 9.88. The molecule has 1 rings (SSSR count). The highest BCUT2D eigenvalue weighted by atomic mass is 19.4. The first-order valence-electron chi connectivity index (χ1n) is 5.48. The Balaban J connectivity index is 2.97. The lowest BCUT2D eigenvalue weighted by Gasteiger charge is -2.21. The molecule has 1 unspecified atom stereocenters. The van der Waals surface area contributed by atoms with E-state index in [0.717, 1.165) is 12.1 Å². The fraction of sp³-hybridized carbons (Fsp3) is 0.500. The van der Waals surface area contributed by atoms with Gasteiger partial charge in [0, 0.05) is 18.6 Å². The van der Waals surface area contributed by atoms with Crippen LogP contribution in [-0.4, -0.2) is 12.6 Å². The molecule has 1 aromatic rings. The topological polar surface area (TPSA) is 38.0 Å². The Kier molecular flexibility index (Phi) is 4.54. The molecule has 0 heterocycles. The van der Waals surface area contributed by atoms with Gasteiger partial charge in [-0.15, -0.1) is 0 Å². The molecule has 0 saturated heterocycles. The van der Waals surface area contributed by atoms with Crippen LogP contribution in [0.1, 0.15) is 31.0 Å². The molecule has 0 aliphatic carbocycles. The van der Waals surface area contributed by atoms with Crippen LogP contribution in [0.25, 0.3) is 0 Å². The highest BCUT2D eigenvalue weighted by Gasteiger charge is 2.30. The number of hydrogen-bond acceptors (Lipinski definition) is 2. The van der Waals surface area contributed by atoms with Crippen molar-refractivity contribution in [2.75, 3.05) is 6.54 Å². The van der Waals surface area contributed by atoms with Crippen molar-refractivity contribution < 1.29 is 13.2 Å². The van der Waals surface area contributed by atoms with E-state index < -0.39 is 11.7 Å². The van der Waals surface area contributed by atoms with Crippen LogP contribution in [0.2, 0.25) is 0 Å². The summed E-state index contributed by atoms with van der Waals surface area (Å²) in [7, 11) is 0. The van der Waals surface area contributed by atoms with Crippen molar-refractivity contribution in [1.82, 2.24) is 5.32 Å². The third-order valence-electron chi connectivity index (χ3n) is 2.39. The molecule has 1 aromatic carbocycles. The minimum absolute atomic E-state index is 0.165. The maximum atomic E-state index is 12.5. The third-order valence-corrected chi connectivity index (χ3v) is 2.39. The van der Waals surface area contributed by atoms with Crippen molar-refractivity contribution >= 4 is 0 Å². The standard InChI is InChI=1S/C12H17F3N2/c1-8(2)17-11(7-16)9-4-3-5-10(6-9)12(13,14)15/h3-6,8,11,17H,7,16H2,1-2H3. The molecule has 0 amide bonds. The largest absolute Gasteiger partial charge is 0.416 e. The van der Waals surface area contributed by atoms with E-state index >= 15 is 0 Å². The third kappa shape index (κ3) is 4.02. The van der Waals surface area contributed by atoms with Crippen LogP contribution in [0.4, 0.5) is 13.2 Å². The predicted octanol–water partition coefficient (Wildman–Crippen LogP) is 2.70. The van der Waals surface area contributed by atoms with Crippen molar-refractivity contribution in [3.05, 3.63) is 35.4 Å². The minimum atomic E-state index is -4.31. The average molecular weight is 246 g/mol. The molecule has 5 heteroatoms. The normalized spacial score (nSPS) is 14.1. The van der Waals surface area contributed by atoms with Crippen LogP contribution >= 0.6 is 0 Å². The summed E-state index contributed by atoms with van der Waals surface area (Å²) in [6.45, 7) is 4.12. The summed E-state index contributed by atoms with van der Waals surface area (Å²) >= 11 is 0. The second-order valence-corrected chi connectivity index (χ2v) is 4.23. The Morgan fingerprint density at radius 3 is 2.41 bits per heavy atom. The van der Waals surface area contributed by atoms with E-state index in [1.54, 1.807) is 6.07 Å². The highest BCUT2D eigenvalue weighted by Crippen LogP contribution is 2.30. The van der Waals surface area contributed by atoms with E-state index in [2.05, 4.69) is 5.32 Å². The van der Waals surface area contributed by atoms with Gasteiger partial charge < -0.3 is 11.1 Å². The van der Waals surface area contributed by atoms with E-state index in [-0.39, 0.29) is 18.6 Å². The van der Waals surface area contributed by atoms with Crippen LogP contribution < -0.4 is 11.1 Å². The van der Waals surface area contributed by atoms with Crippen LogP contribution in [0.3, 0.4) is 0 Å². The van der Waals surface area contributed by atoms with Gasteiger partial charge in [-0.3, -0.25) is 0 Å². The second kappa shape index (κ2) is 5.51. The SMILES string of the molecule is CC(C)NC(CN)c1cccc(C(F)(F)F)c1. The Labute approximate surface area is 99.0 Å². The lowest BCUT2D eigenvalue weighted by Crippen LogP contribution is -2.33. The van der Waals surface area contributed by atoms with Crippen LogP contribution in [0.15, 0.2) is 24.3 Å². The van der Waals surface area contributed by atoms with Gasteiger partial charge in [-0.2, -0.15) is 13.2 Å². The number of nitrogens with one attached hydrogen (secondary N) is 1. The molecule has 0 aliphatic rings. The molecule has 1 atom stereocenters. The number of alkyl halides is 3. The molecule has 0 saturated carbocycles. The van der Waals surface area contributed by atoms with Gasteiger partial charge in [0.25, 0.3) is 0 Å². The van der Waals surface area contributed by atoms with Crippen molar-refractivity contribution in [3.8, 4) is 0 Å². The predicted molar refractivity (Wildman–Crippen MR) is 61.5 cm³/mol. The molecule has 0 aliphatic heterocycles. The van der Waals surface area contributed by atoms with E-state index in [1.807, 2.05) is 13.8 Å². The minimum Gasteiger partial charge on any atom is -0.329 e. The first-order chi connectivity index (χ1) is 7.84. The number of nitrogens with two attached hydrogens (primary N) is 1. The van der Waals surface area contributed by atoms with Crippen molar-refractivity contribution in [2.45, 2.75) is 32.1 Å².